The first-order valence-electron chi connectivity index (χ1n) is 37.5. The molecule has 0 aromatic carbocycles. The smallest absolute Gasteiger partial charge is 0.0678 e. The molecule has 6 aliphatic heterocycles. The molecule has 6 saturated heterocycles. The van der Waals surface area contributed by atoms with Crippen molar-refractivity contribution in [2.24, 2.45) is 22.7 Å². The Morgan fingerprint density at radius 2 is 0.753 bits per heavy atom. The van der Waals surface area contributed by atoms with Gasteiger partial charge in [0, 0.05) is 137 Å². The van der Waals surface area contributed by atoms with Crippen LogP contribution in [0.5, 0.6) is 0 Å². The first-order valence-corrected chi connectivity index (χ1v) is 37.5. The monoisotopic (exact) mass is 1270 g/mol. The van der Waals surface area contributed by atoms with Crippen LogP contribution in [0, 0.1) is 22.7 Å². The molecule has 2 atom stereocenters. The Kier molecular flexibility index (Phi) is 45.8. The number of likely N-dealkylation sites (tertiary alicyclic amines) is 4. The number of piperidine rings is 3. The third-order valence-electron chi connectivity index (χ3n) is 19.0. The fourth-order valence-corrected chi connectivity index (χ4v) is 13.2. The zero-order valence-corrected chi connectivity index (χ0v) is 63.3. The van der Waals surface area contributed by atoms with Crippen molar-refractivity contribution in [3.63, 3.8) is 0 Å². The second-order valence-electron chi connectivity index (χ2n) is 31.6. The van der Waals surface area contributed by atoms with Gasteiger partial charge in [0.05, 0.1) is 48.8 Å². The van der Waals surface area contributed by atoms with E-state index in [1.165, 1.54) is 201 Å². The molecule has 532 valence electrons. The molecule has 1 saturated carbocycles. The maximum absolute atomic E-state index is 5.69. The molecule has 0 radical (unpaired) electrons. The van der Waals surface area contributed by atoms with E-state index in [2.05, 4.69) is 180 Å². The molecule has 0 amide bonds. The molecule has 14 heteroatoms. The molecule has 0 unspecified atom stereocenters. The molecular formula is C75H155N7O7. The van der Waals surface area contributed by atoms with Crippen molar-refractivity contribution in [2.45, 2.75) is 296 Å². The normalized spacial score (nSPS) is 22.8. The number of likely N-dealkylation sites (N-methyl/N-ethyl adjacent to an activating group) is 1. The summed E-state index contributed by atoms with van der Waals surface area (Å²) in [4.78, 5) is 17.8. The second-order valence-corrected chi connectivity index (χ2v) is 31.6. The molecule has 7 rings (SSSR count). The van der Waals surface area contributed by atoms with Gasteiger partial charge in [-0.1, -0.05) is 40.5 Å². The molecular weight excluding hydrogens is 1110 g/mol. The predicted octanol–water partition coefficient (Wildman–Crippen LogP) is 14.4. The summed E-state index contributed by atoms with van der Waals surface area (Å²) in [5, 5.41) is 0. The molecule has 0 bridgehead atoms. The Balaban J connectivity index is 0.000000364. The number of morpholine rings is 1. The zero-order valence-electron chi connectivity index (χ0n) is 63.3. The lowest BCUT2D eigenvalue weighted by Gasteiger charge is -2.56. The molecule has 0 aromatic heterocycles. The fourth-order valence-electron chi connectivity index (χ4n) is 13.2. The van der Waals surface area contributed by atoms with E-state index >= 15 is 0 Å². The lowest BCUT2D eigenvalue weighted by molar-refractivity contribution is -0.0698. The molecule has 7 aliphatic rings. The van der Waals surface area contributed by atoms with E-state index in [0.29, 0.717) is 59.8 Å². The number of nitrogens with zero attached hydrogens (tertiary/aromatic N) is 7. The first kappa shape index (κ1) is 84.5. The van der Waals surface area contributed by atoms with Gasteiger partial charge in [0.2, 0.25) is 0 Å². The summed E-state index contributed by atoms with van der Waals surface area (Å²) in [5.74, 6) is 1.85. The lowest BCUT2D eigenvalue weighted by atomic mass is 9.63. The van der Waals surface area contributed by atoms with Gasteiger partial charge >= 0.3 is 0 Å². The highest BCUT2D eigenvalue weighted by Crippen LogP contribution is 2.48. The summed E-state index contributed by atoms with van der Waals surface area (Å²) in [5.41, 5.74) is 1.70. The standard InChI is InChI=1S/C15H31NO.C13H27NO.C12H25NO2.C12H23NO.C12H25NO.C11H24N2O/c1-13(2)17-12-6-9-16-10-7-14(8-11-16)15(3,4)5;1-12(2)15-11-7-10-14-9-6-5-8-13(14,3)4;1-10(2)14-7-5-6-13-8-11(3)15-12(4)9-13;1-11(2)14-8-4-7-13-9-12(10-13)5-3-6-12;1-11(2)14-10-4-7-13-8-5-12(3)6-9-13;1-11(2)14-10-4-5-13-8-6-12(3)7-9-13/h13-14H,6-12H2,1-5H3;12H,5-11H2,1-4H3;10-12H,5-9H2,1-4H3;11H,3-10H2,1-2H3;11-12H,4-10H2,1-3H3;11H,4-10H2,1-3H3/t;;11-,12+;;;. The molecule has 1 spiro atoms. The van der Waals surface area contributed by atoms with Crippen molar-refractivity contribution < 1.29 is 33.2 Å². The van der Waals surface area contributed by atoms with Crippen LogP contribution in [0.15, 0.2) is 0 Å². The van der Waals surface area contributed by atoms with Crippen LogP contribution in [0.25, 0.3) is 0 Å². The van der Waals surface area contributed by atoms with Crippen LogP contribution in [0.4, 0.5) is 0 Å². The number of rotatable bonds is 30. The minimum Gasteiger partial charge on any atom is -0.379 e. The van der Waals surface area contributed by atoms with Crippen molar-refractivity contribution >= 4 is 0 Å². The Hall–Kier alpha value is -0.560. The van der Waals surface area contributed by atoms with Crippen LogP contribution in [0.2, 0.25) is 0 Å². The summed E-state index contributed by atoms with van der Waals surface area (Å²) in [6.07, 6.45) is 24.1. The van der Waals surface area contributed by atoms with Crippen molar-refractivity contribution in [1.29, 1.82) is 0 Å². The van der Waals surface area contributed by atoms with E-state index in [4.69, 9.17) is 33.2 Å². The minimum absolute atomic E-state index is 0.354. The van der Waals surface area contributed by atoms with Gasteiger partial charge < -0.3 is 57.7 Å². The summed E-state index contributed by atoms with van der Waals surface area (Å²) in [6, 6.07) is 0. The van der Waals surface area contributed by atoms with Crippen molar-refractivity contribution in [3.05, 3.63) is 0 Å². The van der Waals surface area contributed by atoms with E-state index in [1.807, 2.05) is 0 Å². The van der Waals surface area contributed by atoms with Crippen LogP contribution < -0.4 is 0 Å². The van der Waals surface area contributed by atoms with Crippen molar-refractivity contribution in [2.75, 3.05) is 171 Å². The predicted molar refractivity (Wildman–Crippen MR) is 380 cm³/mol. The summed E-state index contributed by atoms with van der Waals surface area (Å²) in [7, 11) is 2.19. The fraction of sp³-hybridized carbons (Fsp3) is 1.00. The highest BCUT2D eigenvalue weighted by Gasteiger charge is 2.46. The Morgan fingerprint density at radius 1 is 0.404 bits per heavy atom. The molecule has 7 fully saturated rings. The topological polar surface area (TPSA) is 87.3 Å². The average Bonchev–Trinajstić information content (AvgIpc) is 2.02. The van der Waals surface area contributed by atoms with Crippen molar-refractivity contribution in [3.8, 4) is 0 Å². The third kappa shape index (κ3) is 43.3. The quantitative estimate of drug-likeness (QED) is 0.0640. The SMILES string of the molecule is CC(C)OCCCN1CC2(CCC2)C1.CC(C)OCCCN1CCC(C(C)(C)C)CC1.CC(C)OCCCN1CCCCC1(C)C.CC(C)OCCCN1CCN(C)CC1.CC(C)OCCCN1C[C@@H](C)O[C@@H](C)C1.CC1CCN(CCCOC(C)C)CC1. The molecule has 6 heterocycles. The van der Waals surface area contributed by atoms with Gasteiger partial charge in [-0.25, -0.2) is 0 Å². The number of ether oxygens (including phenoxy) is 7. The van der Waals surface area contributed by atoms with Gasteiger partial charge in [-0.05, 0) is 263 Å². The maximum atomic E-state index is 5.69. The highest BCUT2D eigenvalue weighted by atomic mass is 16.5. The van der Waals surface area contributed by atoms with Crippen LogP contribution in [0.1, 0.15) is 241 Å². The lowest BCUT2D eigenvalue weighted by Crippen LogP contribution is -2.59. The van der Waals surface area contributed by atoms with Crippen LogP contribution in [0.3, 0.4) is 0 Å². The van der Waals surface area contributed by atoms with Gasteiger partial charge in [0.1, 0.15) is 0 Å². The average molecular weight is 1270 g/mol. The summed E-state index contributed by atoms with van der Waals surface area (Å²) >= 11 is 0. The largest absolute Gasteiger partial charge is 0.379 e. The van der Waals surface area contributed by atoms with Crippen LogP contribution in [-0.2, 0) is 33.2 Å². The van der Waals surface area contributed by atoms with Gasteiger partial charge in [-0.2, -0.15) is 0 Å². The van der Waals surface area contributed by atoms with Gasteiger partial charge in [-0.3, -0.25) is 9.80 Å². The molecule has 0 aromatic rings. The maximum Gasteiger partial charge on any atom is 0.0678 e. The Bertz CT molecular complexity index is 1570. The van der Waals surface area contributed by atoms with E-state index < -0.39 is 0 Å². The van der Waals surface area contributed by atoms with Crippen LogP contribution in [-0.4, -0.2) is 260 Å². The number of hydrogen-bond acceptors (Lipinski definition) is 14. The Morgan fingerprint density at radius 3 is 1.10 bits per heavy atom. The third-order valence-corrected chi connectivity index (χ3v) is 19.0. The summed E-state index contributed by atoms with van der Waals surface area (Å²) in [6.45, 7) is 72.5. The highest BCUT2D eigenvalue weighted by molar-refractivity contribution is 5.00. The molecule has 0 N–H and O–H groups in total. The van der Waals surface area contributed by atoms with Gasteiger partial charge in [-0.15, -0.1) is 0 Å². The minimum atomic E-state index is 0.354. The van der Waals surface area contributed by atoms with Crippen LogP contribution >= 0.6 is 0 Å². The molecule has 89 heavy (non-hydrogen) atoms. The van der Waals surface area contributed by atoms with E-state index in [0.717, 1.165) is 82.9 Å². The van der Waals surface area contributed by atoms with Gasteiger partial charge in [0.25, 0.3) is 0 Å². The molecule has 14 nitrogen and oxygen atoms in total. The number of piperazine rings is 1. The number of hydrogen-bond donors (Lipinski definition) is 0. The molecule has 1 aliphatic carbocycles. The van der Waals surface area contributed by atoms with Crippen molar-refractivity contribution in [1.82, 2.24) is 34.3 Å². The van der Waals surface area contributed by atoms with E-state index in [9.17, 15) is 0 Å². The summed E-state index contributed by atoms with van der Waals surface area (Å²) < 4.78 is 38.9. The zero-order chi connectivity index (χ0) is 66.3. The van der Waals surface area contributed by atoms with E-state index in [-0.39, 0.29) is 0 Å². The van der Waals surface area contributed by atoms with E-state index in [1.54, 1.807) is 0 Å². The Labute approximate surface area is 554 Å². The van der Waals surface area contributed by atoms with Gasteiger partial charge in [0.15, 0.2) is 0 Å². The first-order chi connectivity index (χ1) is 42.1. The second kappa shape index (κ2) is 48.2.